The van der Waals surface area contributed by atoms with Crippen molar-refractivity contribution in [3.8, 4) is 0 Å². The minimum atomic E-state index is -0.622. The highest BCUT2D eigenvalue weighted by Gasteiger charge is 2.30. The standard InChI is InChI=1S/C21H25Cl2N5O2/c1-14(2)12-18(26-19(29)16-5-4-15(22)13-17(16)23)20(30)27-8-10-28(11-9-27)21-24-6-3-7-25-21/h3-7,13-14,18H,8-12H2,1-2H3,(H,26,29)/t18-/m0/s1. The quantitative estimate of drug-likeness (QED) is 0.731. The number of carbonyl (C=O) groups excluding carboxylic acids is 2. The van der Waals surface area contributed by atoms with Gasteiger partial charge in [-0.2, -0.15) is 0 Å². The van der Waals surface area contributed by atoms with Gasteiger partial charge in [-0.15, -0.1) is 0 Å². The molecule has 2 heterocycles. The van der Waals surface area contributed by atoms with Gasteiger partial charge in [-0.05, 0) is 36.6 Å². The maximum Gasteiger partial charge on any atom is 0.253 e. The third-order valence-corrected chi connectivity index (χ3v) is 5.46. The number of amides is 2. The normalized spacial score (nSPS) is 15.2. The van der Waals surface area contributed by atoms with Crippen LogP contribution in [0.5, 0.6) is 0 Å². The van der Waals surface area contributed by atoms with Crippen molar-refractivity contribution in [2.45, 2.75) is 26.3 Å². The van der Waals surface area contributed by atoms with Crippen molar-refractivity contribution in [2.24, 2.45) is 5.92 Å². The smallest absolute Gasteiger partial charge is 0.253 e. The summed E-state index contributed by atoms with van der Waals surface area (Å²) in [4.78, 5) is 38.3. The first kappa shape index (κ1) is 22.3. The average Bonchev–Trinajstić information content (AvgIpc) is 2.73. The molecule has 7 nitrogen and oxygen atoms in total. The van der Waals surface area contributed by atoms with Gasteiger partial charge >= 0.3 is 0 Å². The van der Waals surface area contributed by atoms with Crippen LogP contribution in [0.25, 0.3) is 0 Å². The largest absolute Gasteiger partial charge is 0.340 e. The number of hydrogen-bond donors (Lipinski definition) is 1. The number of benzene rings is 1. The van der Waals surface area contributed by atoms with Crippen LogP contribution in [0.3, 0.4) is 0 Å². The van der Waals surface area contributed by atoms with Crippen molar-refractivity contribution >= 4 is 41.0 Å². The number of carbonyl (C=O) groups is 2. The lowest BCUT2D eigenvalue weighted by Crippen LogP contribution is -2.55. The molecule has 0 saturated carbocycles. The zero-order valence-corrected chi connectivity index (χ0v) is 18.5. The summed E-state index contributed by atoms with van der Waals surface area (Å²) >= 11 is 12.1. The van der Waals surface area contributed by atoms with Crippen molar-refractivity contribution in [1.82, 2.24) is 20.2 Å². The topological polar surface area (TPSA) is 78.4 Å². The third kappa shape index (κ3) is 5.61. The Kier molecular flexibility index (Phi) is 7.50. The Hall–Kier alpha value is -2.38. The molecule has 0 radical (unpaired) electrons. The highest BCUT2D eigenvalue weighted by Crippen LogP contribution is 2.21. The molecular weight excluding hydrogens is 425 g/mol. The molecule has 2 amide bonds. The molecule has 1 N–H and O–H groups in total. The van der Waals surface area contributed by atoms with Crippen LogP contribution in [0.15, 0.2) is 36.7 Å². The van der Waals surface area contributed by atoms with Crippen LogP contribution < -0.4 is 10.2 Å². The Bertz CT molecular complexity index is 886. The molecule has 1 aliphatic rings. The SMILES string of the molecule is CC(C)C[C@H](NC(=O)c1ccc(Cl)cc1Cl)C(=O)N1CCN(c2ncccn2)CC1. The average molecular weight is 450 g/mol. The maximum atomic E-state index is 13.2. The monoisotopic (exact) mass is 449 g/mol. The van der Waals surface area contributed by atoms with Gasteiger partial charge in [0.2, 0.25) is 11.9 Å². The van der Waals surface area contributed by atoms with Crippen molar-refractivity contribution in [3.63, 3.8) is 0 Å². The summed E-state index contributed by atoms with van der Waals surface area (Å²) in [7, 11) is 0. The van der Waals surface area contributed by atoms with Gasteiger partial charge in [-0.3, -0.25) is 9.59 Å². The second-order valence-electron chi connectivity index (χ2n) is 7.64. The van der Waals surface area contributed by atoms with Gasteiger partial charge in [0.25, 0.3) is 5.91 Å². The Morgan fingerprint density at radius 3 is 2.37 bits per heavy atom. The van der Waals surface area contributed by atoms with Crippen LogP contribution in [-0.2, 0) is 4.79 Å². The molecular formula is C21H25Cl2N5O2. The van der Waals surface area contributed by atoms with E-state index in [1.54, 1.807) is 35.5 Å². The summed E-state index contributed by atoms with van der Waals surface area (Å²) < 4.78 is 0. The molecule has 1 aromatic carbocycles. The van der Waals surface area contributed by atoms with E-state index in [0.717, 1.165) is 0 Å². The van der Waals surface area contributed by atoms with Gasteiger partial charge in [-0.25, -0.2) is 9.97 Å². The van der Waals surface area contributed by atoms with E-state index >= 15 is 0 Å². The summed E-state index contributed by atoms with van der Waals surface area (Å²) in [6.07, 6.45) is 3.95. The Labute approximate surface area is 186 Å². The maximum absolute atomic E-state index is 13.2. The number of anilines is 1. The number of nitrogens with zero attached hydrogens (tertiary/aromatic N) is 4. The van der Waals surface area contributed by atoms with E-state index < -0.39 is 6.04 Å². The van der Waals surface area contributed by atoms with Crippen molar-refractivity contribution in [1.29, 1.82) is 0 Å². The summed E-state index contributed by atoms with van der Waals surface area (Å²) in [6, 6.07) is 5.84. The summed E-state index contributed by atoms with van der Waals surface area (Å²) in [6.45, 7) is 6.41. The van der Waals surface area contributed by atoms with E-state index in [0.29, 0.717) is 49.1 Å². The van der Waals surface area contributed by atoms with Crippen LogP contribution in [0.2, 0.25) is 10.0 Å². The number of aromatic nitrogens is 2. The van der Waals surface area contributed by atoms with Gasteiger partial charge in [0.1, 0.15) is 6.04 Å². The van der Waals surface area contributed by atoms with Gasteiger partial charge in [0.05, 0.1) is 10.6 Å². The molecule has 1 saturated heterocycles. The van der Waals surface area contributed by atoms with Crippen LogP contribution in [0, 0.1) is 5.92 Å². The Morgan fingerprint density at radius 2 is 1.77 bits per heavy atom. The molecule has 1 fully saturated rings. The van der Waals surface area contributed by atoms with Crippen LogP contribution in [0.1, 0.15) is 30.6 Å². The molecule has 1 aromatic heterocycles. The first-order valence-corrected chi connectivity index (χ1v) is 10.7. The molecule has 2 aromatic rings. The van der Waals surface area contributed by atoms with Crippen molar-refractivity contribution < 1.29 is 9.59 Å². The molecule has 1 aliphatic heterocycles. The molecule has 3 rings (SSSR count). The molecule has 160 valence electrons. The van der Waals surface area contributed by atoms with Crippen LogP contribution in [-0.4, -0.2) is 58.9 Å². The predicted octanol–water partition coefficient (Wildman–Crippen LogP) is 3.28. The minimum absolute atomic E-state index is 0.0873. The lowest BCUT2D eigenvalue weighted by Gasteiger charge is -2.36. The first-order valence-electron chi connectivity index (χ1n) is 9.92. The van der Waals surface area contributed by atoms with Crippen molar-refractivity contribution in [2.75, 3.05) is 31.1 Å². The predicted molar refractivity (Wildman–Crippen MR) is 118 cm³/mol. The summed E-state index contributed by atoms with van der Waals surface area (Å²) in [5.41, 5.74) is 0.300. The lowest BCUT2D eigenvalue weighted by atomic mass is 10.0. The molecule has 30 heavy (non-hydrogen) atoms. The second kappa shape index (κ2) is 10.1. The van der Waals surface area contributed by atoms with Gasteiger partial charge in [0, 0.05) is 43.6 Å². The fourth-order valence-electron chi connectivity index (χ4n) is 3.40. The lowest BCUT2D eigenvalue weighted by molar-refractivity contribution is -0.134. The molecule has 1 atom stereocenters. The highest BCUT2D eigenvalue weighted by atomic mass is 35.5. The zero-order valence-electron chi connectivity index (χ0n) is 17.0. The van der Waals surface area contributed by atoms with E-state index in [9.17, 15) is 9.59 Å². The summed E-state index contributed by atoms with van der Waals surface area (Å²) in [5, 5.41) is 3.58. The molecule has 0 bridgehead atoms. The first-order chi connectivity index (χ1) is 14.3. The number of piperazine rings is 1. The van der Waals surface area contributed by atoms with Crippen LogP contribution in [0.4, 0.5) is 5.95 Å². The van der Waals surface area contributed by atoms with Gasteiger partial charge < -0.3 is 15.1 Å². The fourth-order valence-corrected chi connectivity index (χ4v) is 3.90. The minimum Gasteiger partial charge on any atom is -0.340 e. The molecule has 9 heteroatoms. The van der Waals surface area contributed by atoms with E-state index in [1.165, 1.54) is 6.07 Å². The molecule has 0 spiro atoms. The number of halogens is 2. The Balaban J connectivity index is 1.66. The summed E-state index contributed by atoms with van der Waals surface area (Å²) in [5.74, 6) is 0.427. The molecule has 0 unspecified atom stereocenters. The zero-order chi connectivity index (χ0) is 21.7. The van der Waals surface area contributed by atoms with E-state index in [2.05, 4.69) is 15.3 Å². The number of rotatable bonds is 6. The van der Waals surface area contributed by atoms with E-state index in [1.807, 2.05) is 18.7 Å². The molecule has 0 aliphatic carbocycles. The third-order valence-electron chi connectivity index (χ3n) is 4.91. The number of nitrogens with one attached hydrogen (secondary N) is 1. The van der Waals surface area contributed by atoms with Crippen LogP contribution >= 0.6 is 23.2 Å². The van der Waals surface area contributed by atoms with E-state index in [-0.39, 0.29) is 22.8 Å². The highest BCUT2D eigenvalue weighted by molar-refractivity contribution is 6.36. The second-order valence-corrected chi connectivity index (χ2v) is 8.48. The number of hydrogen-bond acceptors (Lipinski definition) is 5. The van der Waals surface area contributed by atoms with Gasteiger partial charge in [-0.1, -0.05) is 37.0 Å². The van der Waals surface area contributed by atoms with Crippen molar-refractivity contribution in [3.05, 3.63) is 52.3 Å². The fraction of sp³-hybridized carbons (Fsp3) is 0.429. The Morgan fingerprint density at radius 1 is 1.10 bits per heavy atom. The van der Waals surface area contributed by atoms with Gasteiger partial charge in [0.15, 0.2) is 0 Å². The van der Waals surface area contributed by atoms with E-state index in [4.69, 9.17) is 23.2 Å².